The van der Waals surface area contributed by atoms with Gasteiger partial charge in [-0.1, -0.05) is 26.5 Å². The molecule has 132 valence electrons. The van der Waals surface area contributed by atoms with Crippen LogP contribution in [-0.2, 0) is 13.2 Å². The van der Waals surface area contributed by atoms with E-state index in [2.05, 4.69) is 44.6 Å². The standard InChI is InChI=1S/C17H19BrClN4OP/c18-13-6-11(2-3-14(13)19)10-24-15-7-16-22-5-1-4-20-8-12(22)9-23(16)17(25)21-15/h2-3,6-7,12,20,25H,1,4-5,8-10H2. The largest absolute Gasteiger partial charge is 0.473 e. The van der Waals surface area contributed by atoms with Crippen LogP contribution in [0.3, 0.4) is 0 Å². The third-order valence-electron chi connectivity index (χ3n) is 4.63. The van der Waals surface area contributed by atoms with Crippen molar-refractivity contribution >= 4 is 42.2 Å². The van der Waals surface area contributed by atoms with Crippen LogP contribution in [0, 0.1) is 5.20 Å². The van der Waals surface area contributed by atoms with E-state index in [4.69, 9.17) is 16.3 Å². The average Bonchev–Trinajstić information content (AvgIpc) is 2.78. The second-order valence-corrected chi connectivity index (χ2v) is 8.04. The topological polar surface area (TPSA) is 42.3 Å². The first-order chi connectivity index (χ1) is 12.1. The van der Waals surface area contributed by atoms with E-state index in [1.165, 1.54) is 5.82 Å². The highest BCUT2D eigenvalue weighted by atomic mass is 79.9. The molecule has 1 unspecified atom stereocenters. The lowest BCUT2D eigenvalue weighted by atomic mass is 10.2. The van der Waals surface area contributed by atoms with Crippen molar-refractivity contribution in [2.45, 2.75) is 25.6 Å². The van der Waals surface area contributed by atoms with E-state index < -0.39 is 0 Å². The molecule has 3 heterocycles. The van der Waals surface area contributed by atoms with Crippen LogP contribution in [0.1, 0.15) is 12.0 Å². The first-order valence-electron chi connectivity index (χ1n) is 8.32. The lowest BCUT2D eigenvalue weighted by Gasteiger charge is -2.23. The molecular formula is C17H19BrClN4OP. The van der Waals surface area contributed by atoms with Crippen molar-refractivity contribution in [2.75, 3.05) is 24.5 Å². The average molecular weight is 442 g/mol. The van der Waals surface area contributed by atoms with E-state index >= 15 is 0 Å². The minimum absolute atomic E-state index is 0.447. The third kappa shape index (κ3) is 3.59. The highest BCUT2D eigenvalue weighted by molar-refractivity contribution is 9.10. The second-order valence-electron chi connectivity index (χ2n) is 6.33. The second kappa shape index (κ2) is 7.28. The molecule has 2 aromatic rings. The summed E-state index contributed by atoms with van der Waals surface area (Å²) in [7, 11) is 3.66. The predicted octanol–water partition coefficient (Wildman–Crippen LogP) is 3.73. The molecule has 2 aliphatic rings. The van der Waals surface area contributed by atoms with E-state index in [0.29, 0.717) is 23.6 Å². The first kappa shape index (κ1) is 17.3. The van der Waals surface area contributed by atoms with Crippen LogP contribution in [0.5, 0.6) is 5.88 Å². The predicted molar refractivity (Wildman–Crippen MR) is 106 cm³/mol. The molecule has 0 bridgehead atoms. The van der Waals surface area contributed by atoms with E-state index in [-0.39, 0.29) is 0 Å². The molecule has 0 saturated carbocycles. The molecule has 1 aromatic carbocycles. The Morgan fingerprint density at radius 3 is 3.12 bits per heavy atom. The smallest absolute Gasteiger partial charge is 0.219 e. The van der Waals surface area contributed by atoms with Gasteiger partial charge in [0.25, 0.3) is 0 Å². The maximum absolute atomic E-state index is 6.04. The lowest BCUT2D eigenvalue weighted by Crippen LogP contribution is -2.36. The van der Waals surface area contributed by atoms with Crippen molar-refractivity contribution in [3.05, 3.63) is 44.5 Å². The summed E-state index contributed by atoms with van der Waals surface area (Å²) in [5.41, 5.74) is 1.04. The summed E-state index contributed by atoms with van der Waals surface area (Å²) in [5.74, 6) is 1.79. The summed E-state index contributed by atoms with van der Waals surface area (Å²) < 4.78 is 9.02. The van der Waals surface area contributed by atoms with Gasteiger partial charge in [-0.3, -0.25) is 0 Å². The van der Waals surface area contributed by atoms with Gasteiger partial charge in [0.2, 0.25) is 5.88 Å². The van der Waals surface area contributed by atoms with E-state index in [0.717, 1.165) is 47.8 Å². The van der Waals surface area contributed by atoms with Gasteiger partial charge >= 0.3 is 0 Å². The molecule has 1 saturated heterocycles. The van der Waals surface area contributed by atoms with Crippen LogP contribution in [0.4, 0.5) is 5.82 Å². The summed E-state index contributed by atoms with van der Waals surface area (Å²) in [6.45, 7) is 4.52. The summed E-state index contributed by atoms with van der Waals surface area (Å²) in [4.78, 5) is 7.01. The Morgan fingerprint density at radius 1 is 1.40 bits per heavy atom. The number of hydrogen-bond acceptors (Lipinski definition) is 4. The molecule has 1 aromatic heterocycles. The van der Waals surface area contributed by atoms with E-state index in [1.54, 1.807) is 0 Å². The molecule has 4 rings (SSSR count). The summed E-state index contributed by atoms with van der Waals surface area (Å²) in [5, 5.41) is 5.00. The number of anilines is 1. The normalized spacial score (nSPS) is 19.3. The zero-order valence-corrected chi connectivity index (χ0v) is 17.0. The van der Waals surface area contributed by atoms with E-state index in [9.17, 15) is 0 Å². The molecule has 8 heteroatoms. The molecular weight excluding hydrogens is 423 g/mol. The van der Waals surface area contributed by atoms with Crippen molar-refractivity contribution in [3.8, 4) is 5.88 Å². The number of nitrogens with one attached hydrogen (secondary N) is 1. The number of aromatic nitrogens is 2. The number of nitrogens with zero attached hydrogens (tertiary/aromatic N) is 3. The Balaban J connectivity index is 1.56. The Labute approximate surface area is 162 Å². The van der Waals surface area contributed by atoms with Crippen molar-refractivity contribution in [3.63, 3.8) is 0 Å². The molecule has 1 atom stereocenters. The van der Waals surface area contributed by atoms with Crippen LogP contribution in [0.2, 0.25) is 5.02 Å². The van der Waals surface area contributed by atoms with Gasteiger partial charge < -0.3 is 19.5 Å². The quantitative estimate of drug-likeness (QED) is 0.737. The molecule has 0 amide bonds. The molecule has 5 nitrogen and oxygen atoms in total. The third-order valence-corrected chi connectivity index (χ3v) is 6.23. The van der Waals surface area contributed by atoms with Gasteiger partial charge in [-0.05, 0) is 46.6 Å². The van der Waals surface area contributed by atoms with Gasteiger partial charge in [-0.15, -0.1) is 0 Å². The monoisotopic (exact) mass is 440 g/mol. The summed E-state index contributed by atoms with van der Waals surface area (Å²) in [6.07, 6.45) is 1.14. The number of hydrogen-bond donors (Lipinski definition) is 1. The van der Waals surface area contributed by atoms with Crippen LogP contribution in [0.15, 0.2) is 28.7 Å². The summed E-state index contributed by atoms with van der Waals surface area (Å²) in [6, 6.07) is 8.30. The van der Waals surface area contributed by atoms with Gasteiger partial charge in [0.05, 0.1) is 11.1 Å². The van der Waals surface area contributed by atoms with Crippen molar-refractivity contribution in [1.82, 2.24) is 14.9 Å². The number of rotatable bonds is 3. The highest BCUT2D eigenvalue weighted by Gasteiger charge is 2.30. The van der Waals surface area contributed by atoms with Gasteiger partial charge in [-0.25, -0.2) is 0 Å². The van der Waals surface area contributed by atoms with Gasteiger partial charge in [0.1, 0.15) is 12.4 Å². The zero-order valence-electron chi connectivity index (χ0n) is 13.6. The molecule has 0 aliphatic carbocycles. The van der Waals surface area contributed by atoms with Crippen molar-refractivity contribution in [2.24, 2.45) is 0 Å². The Kier molecular flexibility index (Phi) is 5.05. The van der Waals surface area contributed by atoms with Crippen LogP contribution >= 0.6 is 36.4 Å². The highest BCUT2D eigenvalue weighted by Crippen LogP contribution is 2.30. The molecule has 1 N–H and O–H groups in total. The van der Waals surface area contributed by atoms with Crippen molar-refractivity contribution < 1.29 is 4.74 Å². The number of fused-ring (bicyclic) bond motifs is 3. The van der Waals surface area contributed by atoms with Gasteiger partial charge in [-0.2, -0.15) is 4.98 Å². The van der Waals surface area contributed by atoms with Crippen molar-refractivity contribution in [1.29, 1.82) is 0 Å². The lowest BCUT2D eigenvalue weighted by molar-refractivity contribution is 0.292. The van der Waals surface area contributed by atoms with Gasteiger partial charge in [0.15, 0.2) is 5.20 Å². The fourth-order valence-corrected chi connectivity index (χ4v) is 4.24. The maximum Gasteiger partial charge on any atom is 0.219 e. The van der Waals surface area contributed by atoms with Crippen LogP contribution in [0.25, 0.3) is 0 Å². The van der Waals surface area contributed by atoms with E-state index in [1.807, 2.05) is 24.3 Å². The SMILES string of the molecule is P=c1nc(OCc2ccc(Cl)c(Br)c2)cc2n1CC1CNCCCN21. The molecule has 0 radical (unpaired) electrons. The number of benzene rings is 1. The number of halogens is 2. The zero-order chi connectivity index (χ0) is 17.4. The summed E-state index contributed by atoms with van der Waals surface area (Å²) >= 11 is 9.48. The maximum atomic E-state index is 6.04. The van der Waals surface area contributed by atoms with Crippen LogP contribution < -0.4 is 15.0 Å². The molecule has 0 spiro atoms. The van der Waals surface area contributed by atoms with Gasteiger partial charge in [0, 0.05) is 30.2 Å². The Bertz CT molecular complexity index is 859. The Morgan fingerprint density at radius 2 is 2.28 bits per heavy atom. The fraction of sp³-hybridized carbons (Fsp3) is 0.412. The van der Waals surface area contributed by atoms with Crippen LogP contribution in [-0.4, -0.2) is 35.2 Å². The molecule has 25 heavy (non-hydrogen) atoms. The first-order valence-corrected chi connectivity index (χ1v) is 9.99. The minimum atomic E-state index is 0.447. The Hall–Kier alpha value is -1.07. The molecule has 2 aliphatic heterocycles. The number of ether oxygens (including phenoxy) is 1. The fourth-order valence-electron chi connectivity index (χ4n) is 3.38. The molecule has 1 fully saturated rings. The minimum Gasteiger partial charge on any atom is -0.473 e.